The maximum absolute atomic E-state index is 12.3. The SMILES string of the molecule is C[C@H]1CC[C@@H](C(N)=O)CN1C(=O)C=C1CCCCC1. The minimum atomic E-state index is -0.282. The summed E-state index contributed by atoms with van der Waals surface area (Å²) in [5.41, 5.74) is 6.64. The van der Waals surface area contributed by atoms with Gasteiger partial charge in [0.15, 0.2) is 0 Å². The molecule has 1 saturated heterocycles. The zero-order valence-corrected chi connectivity index (χ0v) is 11.7. The van der Waals surface area contributed by atoms with Crippen molar-refractivity contribution < 1.29 is 9.59 Å². The van der Waals surface area contributed by atoms with Gasteiger partial charge in [-0.25, -0.2) is 0 Å². The third kappa shape index (κ3) is 3.58. The molecule has 0 aromatic rings. The van der Waals surface area contributed by atoms with Crippen LogP contribution >= 0.6 is 0 Å². The largest absolute Gasteiger partial charge is 0.369 e. The number of hydrogen-bond acceptors (Lipinski definition) is 2. The molecule has 0 unspecified atom stereocenters. The summed E-state index contributed by atoms with van der Waals surface area (Å²) in [6.07, 6.45) is 9.23. The van der Waals surface area contributed by atoms with Crippen LogP contribution in [0.4, 0.5) is 0 Å². The predicted molar refractivity (Wildman–Crippen MR) is 74.3 cm³/mol. The van der Waals surface area contributed by atoms with Crippen molar-refractivity contribution in [3.63, 3.8) is 0 Å². The van der Waals surface area contributed by atoms with E-state index in [1.54, 1.807) is 6.08 Å². The van der Waals surface area contributed by atoms with Crippen LogP contribution in [0, 0.1) is 5.92 Å². The van der Waals surface area contributed by atoms with Crippen LogP contribution in [-0.4, -0.2) is 29.3 Å². The van der Waals surface area contributed by atoms with Gasteiger partial charge in [-0.1, -0.05) is 12.0 Å². The molecule has 1 aliphatic heterocycles. The Morgan fingerprint density at radius 2 is 1.89 bits per heavy atom. The van der Waals surface area contributed by atoms with Crippen molar-refractivity contribution in [3.05, 3.63) is 11.6 Å². The van der Waals surface area contributed by atoms with Crippen LogP contribution in [0.3, 0.4) is 0 Å². The summed E-state index contributed by atoms with van der Waals surface area (Å²) in [6.45, 7) is 2.54. The molecule has 0 radical (unpaired) electrons. The predicted octanol–water partition coefficient (Wildman–Crippen LogP) is 1.99. The first-order valence-electron chi connectivity index (χ1n) is 7.37. The van der Waals surface area contributed by atoms with Crippen molar-refractivity contribution in [2.24, 2.45) is 11.7 Å². The van der Waals surface area contributed by atoms with Crippen molar-refractivity contribution in [2.45, 2.75) is 57.9 Å². The number of nitrogens with two attached hydrogens (primary N) is 1. The number of amides is 2. The molecule has 0 aromatic heterocycles. The second-order valence-electron chi connectivity index (χ2n) is 5.88. The van der Waals surface area contributed by atoms with Crippen LogP contribution in [0.15, 0.2) is 11.6 Å². The Kier molecular flexibility index (Phi) is 4.61. The minimum Gasteiger partial charge on any atom is -0.369 e. The van der Waals surface area contributed by atoms with Crippen molar-refractivity contribution in [1.82, 2.24) is 4.90 Å². The number of hydrogen-bond donors (Lipinski definition) is 1. The van der Waals surface area contributed by atoms with Crippen LogP contribution in [-0.2, 0) is 9.59 Å². The standard InChI is InChI=1S/C15H24N2O2/c1-11-7-8-13(15(16)19)10-17(11)14(18)9-12-5-3-2-4-6-12/h9,11,13H,2-8,10H2,1H3,(H2,16,19)/t11-,13+/m0/s1. The number of carbonyl (C=O) groups excluding carboxylic acids is 2. The fourth-order valence-corrected chi connectivity index (χ4v) is 3.05. The molecule has 1 aliphatic carbocycles. The van der Waals surface area contributed by atoms with Gasteiger partial charge in [-0.3, -0.25) is 9.59 Å². The zero-order valence-electron chi connectivity index (χ0n) is 11.7. The van der Waals surface area contributed by atoms with Gasteiger partial charge in [0.25, 0.3) is 0 Å². The molecule has 2 atom stereocenters. The van der Waals surface area contributed by atoms with Gasteiger partial charge in [-0.05, 0) is 45.4 Å². The molecule has 19 heavy (non-hydrogen) atoms. The maximum Gasteiger partial charge on any atom is 0.246 e. The second-order valence-corrected chi connectivity index (χ2v) is 5.88. The maximum atomic E-state index is 12.3. The van der Waals surface area contributed by atoms with Crippen LogP contribution in [0.25, 0.3) is 0 Å². The highest BCUT2D eigenvalue weighted by Gasteiger charge is 2.30. The molecule has 2 rings (SSSR count). The third-order valence-corrected chi connectivity index (χ3v) is 4.39. The van der Waals surface area contributed by atoms with E-state index < -0.39 is 0 Å². The lowest BCUT2D eigenvalue weighted by atomic mass is 9.91. The van der Waals surface area contributed by atoms with Crippen LogP contribution in [0.2, 0.25) is 0 Å². The summed E-state index contributed by atoms with van der Waals surface area (Å²) in [4.78, 5) is 25.5. The fraction of sp³-hybridized carbons (Fsp3) is 0.733. The highest BCUT2D eigenvalue weighted by Crippen LogP contribution is 2.25. The molecule has 2 fully saturated rings. The molecule has 106 valence electrons. The summed E-state index contributed by atoms with van der Waals surface area (Å²) in [5, 5.41) is 0. The first-order chi connectivity index (χ1) is 9.08. The molecule has 2 N–H and O–H groups in total. The van der Waals surface area contributed by atoms with Gasteiger partial charge in [0.2, 0.25) is 11.8 Å². The number of rotatable bonds is 2. The van der Waals surface area contributed by atoms with Gasteiger partial charge < -0.3 is 10.6 Å². The van der Waals surface area contributed by atoms with Crippen molar-refractivity contribution >= 4 is 11.8 Å². The van der Waals surface area contributed by atoms with Gasteiger partial charge in [-0.2, -0.15) is 0 Å². The summed E-state index contributed by atoms with van der Waals surface area (Å²) in [6, 6.07) is 0.212. The molecule has 2 aliphatic rings. The average molecular weight is 264 g/mol. The molecule has 2 amide bonds. The smallest absolute Gasteiger partial charge is 0.246 e. The summed E-state index contributed by atoms with van der Waals surface area (Å²) < 4.78 is 0. The molecular formula is C15H24N2O2. The number of carbonyl (C=O) groups is 2. The van der Waals surface area contributed by atoms with E-state index in [1.807, 2.05) is 4.90 Å². The Labute approximate surface area is 115 Å². The van der Waals surface area contributed by atoms with Gasteiger partial charge in [-0.15, -0.1) is 0 Å². The lowest BCUT2D eigenvalue weighted by Crippen LogP contribution is -2.48. The van der Waals surface area contributed by atoms with Gasteiger partial charge in [0, 0.05) is 18.7 Å². The van der Waals surface area contributed by atoms with E-state index in [0.29, 0.717) is 6.54 Å². The van der Waals surface area contributed by atoms with Gasteiger partial charge in [0.05, 0.1) is 5.92 Å². The molecule has 1 saturated carbocycles. The van der Waals surface area contributed by atoms with Crippen molar-refractivity contribution in [1.29, 1.82) is 0 Å². The molecule has 0 bridgehead atoms. The molecule has 0 aromatic carbocycles. The monoisotopic (exact) mass is 264 g/mol. The normalized spacial score (nSPS) is 28.1. The Morgan fingerprint density at radius 3 is 2.53 bits per heavy atom. The highest BCUT2D eigenvalue weighted by molar-refractivity contribution is 5.89. The Balaban J connectivity index is 2.01. The molecule has 1 heterocycles. The average Bonchev–Trinajstić information content (AvgIpc) is 2.40. The van der Waals surface area contributed by atoms with Crippen LogP contribution < -0.4 is 5.73 Å². The van der Waals surface area contributed by atoms with Gasteiger partial charge >= 0.3 is 0 Å². The summed E-state index contributed by atoms with van der Waals surface area (Å²) >= 11 is 0. The van der Waals surface area contributed by atoms with Crippen molar-refractivity contribution in [3.8, 4) is 0 Å². The third-order valence-electron chi connectivity index (χ3n) is 4.39. The number of nitrogens with zero attached hydrogens (tertiary/aromatic N) is 1. The van der Waals surface area contributed by atoms with E-state index >= 15 is 0 Å². The first kappa shape index (κ1) is 14.1. The first-order valence-corrected chi connectivity index (χ1v) is 7.37. The highest BCUT2D eigenvalue weighted by atomic mass is 16.2. The second kappa shape index (κ2) is 6.22. The molecule has 4 nitrogen and oxygen atoms in total. The van der Waals surface area contributed by atoms with Crippen LogP contribution in [0.1, 0.15) is 51.9 Å². The molecular weight excluding hydrogens is 240 g/mol. The quantitative estimate of drug-likeness (QED) is 0.775. The van der Waals surface area contributed by atoms with E-state index in [1.165, 1.54) is 24.8 Å². The molecule has 4 heteroatoms. The Hall–Kier alpha value is -1.32. The minimum absolute atomic E-state index is 0.0651. The fourth-order valence-electron chi connectivity index (χ4n) is 3.05. The van der Waals surface area contributed by atoms with Gasteiger partial charge in [0.1, 0.15) is 0 Å². The number of allylic oxidation sites excluding steroid dienone is 1. The van der Waals surface area contributed by atoms with Crippen LogP contribution in [0.5, 0.6) is 0 Å². The van der Waals surface area contributed by atoms with E-state index in [9.17, 15) is 9.59 Å². The molecule has 0 spiro atoms. The summed E-state index contributed by atoms with van der Waals surface area (Å²) in [7, 11) is 0. The lowest BCUT2D eigenvalue weighted by molar-refractivity contribution is -0.133. The zero-order chi connectivity index (χ0) is 13.8. The van der Waals surface area contributed by atoms with E-state index in [4.69, 9.17) is 5.73 Å². The van der Waals surface area contributed by atoms with Crippen molar-refractivity contribution in [2.75, 3.05) is 6.54 Å². The number of primary amides is 1. The van der Waals surface area contributed by atoms with E-state index in [0.717, 1.165) is 25.7 Å². The Morgan fingerprint density at radius 1 is 1.21 bits per heavy atom. The topological polar surface area (TPSA) is 63.4 Å². The lowest BCUT2D eigenvalue weighted by Gasteiger charge is -2.36. The van der Waals surface area contributed by atoms with E-state index in [-0.39, 0.29) is 23.8 Å². The number of piperidine rings is 1. The summed E-state index contributed by atoms with van der Waals surface area (Å²) in [5.74, 6) is -0.393. The number of likely N-dealkylation sites (tertiary alicyclic amines) is 1. The Bertz CT molecular complexity index is 382. The van der Waals surface area contributed by atoms with E-state index in [2.05, 4.69) is 6.92 Å².